The first-order chi connectivity index (χ1) is 6.81. The molecule has 0 aromatic heterocycles. The summed E-state index contributed by atoms with van der Waals surface area (Å²) in [6.45, 7) is 4.20. The van der Waals surface area contributed by atoms with Gasteiger partial charge in [0.1, 0.15) is 0 Å². The van der Waals surface area contributed by atoms with Gasteiger partial charge in [0, 0.05) is 0 Å². The lowest BCUT2D eigenvalue weighted by atomic mass is 10.1. The van der Waals surface area contributed by atoms with Crippen LogP contribution in [0.2, 0.25) is 0 Å². The minimum absolute atomic E-state index is 0.788. The maximum atomic E-state index is 5.22. The molecule has 0 radical (unpaired) electrons. The summed E-state index contributed by atoms with van der Waals surface area (Å²) in [5.41, 5.74) is 0. The quantitative estimate of drug-likeness (QED) is 0.403. The van der Waals surface area contributed by atoms with E-state index >= 15 is 0 Å². The van der Waals surface area contributed by atoms with Crippen molar-refractivity contribution in [1.82, 2.24) is 4.90 Å². The minimum Gasteiger partial charge on any atom is -0.295 e. The Morgan fingerprint density at radius 1 is 1.00 bits per heavy atom. The average Bonchev–Trinajstić information content (AvgIpc) is 2.17. The van der Waals surface area contributed by atoms with Crippen molar-refractivity contribution in [3.8, 4) is 12.3 Å². The second-order valence-corrected chi connectivity index (χ2v) is 4.06. The molecule has 0 unspecified atom stereocenters. The van der Waals surface area contributed by atoms with Crippen LogP contribution in [0.3, 0.4) is 0 Å². The Morgan fingerprint density at radius 3 is 2.14 bits per heavy atom. The second-order valence-electron chi connectivity index (χ2n) is 4.06. The summed E-state index contributed by atoms with van der Waals surface area (Å²) in [6, 6.07) is 0. The van der Waals surface area contributed by atoms with Crippen molar-refractivity contribution in [2.24, 2.45) is 0 Å². The Labute approximate surface area is 89.9 Å². The van der Waals surface area contributed by atoms with Gasteiger partial charge in [-0.25, -0.2) is 0 Å². The third-order valence-corrected chi connectivity index (χ3v) is 2.50. The van der Waals surface area contributed by atoms with Gasteiger partial charge in [-0.2, -0.15) is 0 Å². The van der Waals surface area contributed by atoms with Crippen molar-refractivity contribution in [3.05, 3.63) is 0 Å². The van der Waals surface area contributed by atoms with Crippen molar-refractivity contribution in [2.75, 3.05) is 20.1 Å². The lowest BCUT2D eigenvalue weighted by Gasteiger charge is -2.12. The molecule has 0 amide bonds. The molecule has 82 valence electrons. The van der Waals surface area contributed by atoms with Crippen LogP contribution < -0.4 is 0 Å². The van der Waals surface area contributed by atoms with E-state index in [9.17, 15) is 0 Å². The maximum Gasteiger partial charge on any atom is 0.0596 e. The van der Waals surface area contributed by atoms with Gasteiger partial charge in [0.15, 0.2) is 0 Å². The largest absolute Gasteiger partial charge is 0.295 e. The molecule has 0 aliphatic rings. The van der Waals surface area contributed by atoms with E-state index in [0.717, 1.165) is 13.1 Å². The molecule has 0 fully saturated rings. The molecule has 0 aliphatic carbocycles. The molecule has 0 atom stereocenters. The molecule has 0 aromatic rings. The van der Waals surface area contributed by atoms with E-state index in [4.69, 9.17) is 6.42 Å². The molecule has 0 heterocycles. The molecule has 0 spiro atoms. The van der Waals surface area contributed by atoms with Crippen LogP contribution in [0, 0.1) is 12.3 Å². The van der Waals surface area contributed by atoms with Crippen LogP contribution >= 0.6 is 0 Å². The van der Waals surface area contributed by atoms with Crippen molar-refractivity contribution < 1.29 is 0 Å². The Bertz CT molecular complexity index is 146. The van der Waals surface area contributed by atoms with Gasteiger partial charge in [-0.3, -0.25) is 4.90 Å². The van der Waals surface area contributed by atoms with E-state index in [1.54, 1.807) is 0 Å². The molecular weight excluding hydrogens is 170 g/mol. The fourth-order valence-electron chi connectivity index (χ4n) is 1.57. The lowest BCUT2D eigenvalue weighted by molar-refractivity contribution is 0.361. The molecule has 0 N–H and O–H groups in total. The van der Waals surface area contributed by atoms with E-state index in [-0.39, 0.29) is 0 Å². The lowest BCUT2D eigenvalue weighted by Crippen LogP contribution is -2.19. The summed E-state index contributed by atoms with van der Waals surface area (Å²) in [5, 5.41) is 0. The molecule has 0 saturated carbocycles. The van der Waals surface area contributed by atoms with Gasteiger partial charge in [0.2, 0.25) is 0 Å². The van der Waals surface area contributed by atoms with Crippen molar-refractivity contribution in [1.29, 1.82) is 0 Å². The molecule has 0 aliphatic heterocycles. The van der Waals surface area contributed by atoms with E-state index in [2.05, 4.69) is 24.8 Å². The zero-order chi connectivity index (χ0) is 10.6. The topological polar surface area (TPSA) is 3.24 Å². The molecule has 14 heavy (non-hydrogen) atoms. The summed E-state index contributed by atoms with van der Waals surface area (Å²) in [6.07, 6.45) is 14.8. The first-order valence-electron chi connectivity index (χ1n) is 5.93. The van der Waals surface area contributed by atoms with Crippen molar-refractivity contribution >= 4 is 0 Å². The number of rotatable bonds is 9. The fourth-order valence-corrected chi connectivity index (χ4v) is 1.57. The van der Waals surface area contributed by atoms with Gasteiger partial charge in [0.05, 0.1) is 6.54 Å². The van der Waals surface area contributed by atoms with Crippen LogP contribution in [0.15, 0.2) is 0 Å². The molecule has 0 saturated heterocycles. The van der Waals surface area contributed by atoms with Crippen LogP contribution in [0.25, 0.3) is 0 Å². The van der Waals surface area contributed by atoms with Gasteiger partial charge in [0.25, 0.3) is 0 Å². The van der Waals surface area contributed by atoms with Crippen molar-refractivity contribution in [3.63, 3.8) is 0 Å². The van der Waals surface area contributed by atoms with E-state index in [0.29, 0.717) is 0 Å². The highest BCUT2D eigenvalue weighted by Gasteiger charge is 1.95. The van der Waals surface area contributed by atoms with Gasteiger partial charge >= 0.3 is 0 Å². The highest BCUT2D eigenvalue weighted by Crippen LogP contribution is 2.06. The Kier molecular flexibility index (Phi) is 10.2. The third kappa shape index (κ3) is 9.61. The average molecular weight is 195 g/mol. The summed E-state index contributed by atoms with van der Waals surface area (Å²) >= 11 is 0. The van der Waals surface area contributed by atoms with Gasteiger partial charge < -0.3 is 0 Å². The number of terminal acetylenes is 1. The Morgan fingerprint density at radius 2 is 1.57 bits per heavy atom. The van der Waals surface area contributed by atoms with Crippen LogP contribution in [0.5, 0.6) is 0 Å². The first-order valence-corrected chi connectivity index (χ1v) is 5.93. The number of unbranched alkanes of at least 4 members (excludes halogenated alkanes) is 6. The van der Waals surface area contributed by atoms with E-state index < -0.39 is 0 Å². The first kappa shape index (κ1) is 13.5. The van der Waals surface area contributed by atoms with Crippen LogP contribution in [0.4, 0.5) is 0 Å². The maximum absolute atomic E-state index is 5.22. The molecule has 0 rings (SSSR count). The minimum atomic E-state index is 0.788. The van der Waals surface area contributed by atoms with Crippen molar-refractivity contribution in [2.45, 2.75) is 51.9 Å². The normalized spacial score (nSPS) is 10.4. The van der Waals surface area contributed by atoms with Crippen LogP contribution in [-0.2, 0) is 0 Å². The Hall–Kier alpha value is -0.480. The predicted octanol–water partition coefficient (Wildman–Crippen LogP) is 3.30. The predicted molar refractivity (Wildman–Crippen MR) is 64.3 cm³/mol. The third-order valence-electron chi connectivity index (χ3n) is 2.50. The van der Waals surface area contributed by atoms with Gasteiger partial charge in [-0.15, -0.1) is 6.42 Å². The van der Waals surface area contributed by atoms with Gasteiger partial charge in [-0.1, -0.05) is 51.4 Å². The summed E-state index contributed by atoms with van der Waals surface area (Å²) in [7, 11) is 2.09. The molecule has 0 bridgehead atoms. The summed E-state index contributed by atoms with van der Waals surface area (Å²) in [4.78, 5) is 2.21. The van der Waals surface area contributed by atoms with Crippen LogP contribution in [0.1, 0.15) is 51.9 Å². The summed E-state index contributed by atoms with van der Waals surface area (Å²) < 4.78 is 0. The highest BCUT2D eigenvalue weighted by molar-refractivity contribution is 4.86. The standard InChI is InChI=1S/C13H25N/c1-4-6-7-8-9-10-11-13-14(3)12-5-2/h2H,4,6-13H2,1,3H3. The second kappa shape index (κ2) is 10.6. The monoisotopic (exact) mass is 195 g/mol. The SMILES string of the molecule is C#CCN(C)CCCCCCCCC. The summed E-state index contributed by atoms with van der Waals surface area (Å²) in [5.74, 6) is 2.66. The fraction of sp³-hybridized carbons (Fsp3) is 0.846. The molecular formula is C13H25N. The Balaban J connectivity index is 3.02. The van der Waals surface area contributed by atoms with Gasteiger partial charge in [-0.05, 0) is 20.0 Å². The number of hydrogen-bond acceptors (Lipinski definition) is 1. The molecule has 1 heteroatoms. The van der Waals surface area contributed by atoms with E-state index in [1.807, 2.05) is 0 Å². The molecule has 1 nitrogen and oxygen atoms in total. The zero-order valence-corrected chi connectivity index (χ0v) is 9.89. The molecule has 0 aromatic carbocycles. The van der Waals surface area contributed by atoms with E-state index in [1.165, 1.54) is 44.9 Å². The number of hydrogen-bond donors (Lipinski definition) is 0. The zero-order valence-electron chi connectivity index (χ0n) is 9.89. The highest BCUT2D eigenvalue weighted by atomic mass is 15.1. The number of nitrogens with zero attached hydrogens (tertiary/aromatic N) is 1. The smallest absolute Gasteiger partial charge is 0.0596 e. The van der Waals surface area contributed by atoms with Crippen LogP contribution in [-0.4, -0.2) is 25.0 Å².